The van der Waals surface area contributed by atoms with E-state index < -0.39 is 0 Å². The molecular formula is C18H23FN2. The molecule has 0 heterocycles. The van der Waals surface area contributed by atoms with Gasteiger partial charge in [0.2, 0.25) is 0 Å². The van der Waals surface area contributed by atoms with E-state index >= 15 is 0 Å². The van der Waals surface area contributed by atoms with Gasteiger partial charge in [0.25, 0.3) is 0 Å². The number of hydrogen-bond donors (Lipinski definition) is 1. The summed E-state index contributed by atoms with van der Waals surface area (Å²) < 4.78 is 12.9. The molecule has 0 fully saturated rings. The molecule has 2 nitrogen and oxygen atoms in total. The quantitative estimate of drug-likeness (QED) is 0.872. The highest BCUT2D eigenvalue weighted by Crippen LogP contribution is 2.18. The van der Waals surface area contributed by atoms with Crippen molar-refractivity contribution in [3.63, 3.8) is 0 Å². The summed E-state index contributed by atoms with van der Waals surface area (Å²) in [5.74, 6) is -0.219. The Labute approximate surface area is 126 Å². The van der Waals surface area contributed by atoms with Crippen molar-refractivity contribution in [2.45, 2.75) is 25.8 Å². The molecule has 2 rings (SSSR count). The zero-order valence-electron chi connectivity index (χ0n) is 12.7. The van der Waals surface area contributed by atoms with Crippen molar-refractivity contribution < 1.29 is 4.39 Å². The van der Waals surface area contributed by atoms with Crippen LogP contribution >= 0.6 is 0 Å². The summed E-state index contributed by atoms with van der Waals surface area (Å²) in [5, 5.41) is 0. The maximum absolute atomic E-state index is 12.9. The number of anilines is 1. The van der Waals surface area contributed by atoms with Crippen LogP contribution < -0.4 is 10.6 Å². The number of rotatable bonds is 6. The van der Waals surface area contributed by atoms with Gasteiger partial charge in [0.05, 0.1) is 0 Å². The third kappa shape index (κ3) is 4.30. The van der Waals surface area contributed by atoms with Gasteiger partial charge in [0, 0.05) is 25.3 Å². The highest BCUT2D eigenvalue weighted by Gasteiger charge is 2.10. The maximum atomic E-state index is 12.9. The second-order valence-electron chi connectivity index (χ2n) is 5.46. The smallest absolute Gasteiger partial charge is 0.123 e. The Bertz CT molecular complexity index is 548. The lowest BCUT2D eigenvalue weighted by Crippen LogP contribution is -2.28. The third-order valence-corrected chi connectivity index (χ3v) is 3.68. The van der Waals surface area contributed by atoms with Gasteiger partial charge in [-0.1, -0.05) is 37.6 Å². The van der Waals surface area contributed by atoms with E-state index in [9.17, 15) is 4.39 Å². The van der Waals surface area contributed by atoms with E-state index in [4.69, 9.17) is 5.73 Å². The molecule has 0 aliphatic heterocycles. The zero-order valence-corrected chi connectivity index (χ0v) is 12.7. The van der Waals surface area contributed by atoms with E-state index in [2.05, 4.69) is 31.2 Å². The van der Waals surface area contributed by atoms with Crippen LogP contribution in [0.2, 0.25) is 0 Å². The first-order valence-electron chi connectivity index (χ1n) is 7.41. The lowest BCUT2D eigenvalue weighted by Gasteiger charge is -2.23. The molecule has 0 radical (unpaired) electrons. The number of benzene rings is 2. The summed E-state index contributed by atoms with van der Waals surface area (Å²) in [6.07, 6.45) is 2.25. The molecule has 0 aromatic heterocycles. The molecule has 2 N–H and O–H groups in total. The lowest BCUT2D eigenvalue weighted by molar-refractivity contribution is 0.627. The van der Waals surface area contributed by atoms with Gasteiger partial charge in [0.1, 0.15) is 5.82 Å². The monoisotopic (exact) mass is 286 g/mol. The Balaban J connectivity index is 1.99. The van der Waals surface area contributed by atoms with Crippen LogP contribution in [0.5, 0.6) is 0 Å². The van der Waals surface area contributed by atoms with Gasteiger partial charge < -0.3 is 10.6 Å². The molecule has 112 valence electrons. The summed E-state index contributed by atoms with van der Waals surface area (Å²) in [6, 6.07) is 14.9. The minimum Gasteiger partial charge on any atom is -0.373 e. The molecule has 0 amide bonds. The van der Waals surface area contributed by atoms with Crippen LogP contribution in [-0.4, -0.2) is 13.6 Å². The number of nitrogens with zero attached hydrogens (tertiary/aromatic N) is 1. The molecular weight excluding hydrogens is 263 g/mol. The van der Waals surface area contributed by atoms with Gasteiger partial charge in [-0.2, -0.15) is 0 Å². The van der Waals surface area contributed by atoms with Crippen LogP contribution in [0.15, 0.2) is 48.5 Å². The van der Waals surface area contributed by atoms with Crippen molar-refractivity contribution >= 4 is 5.69 Å². The van der Waals surface area contributed by atoms with Crippen LogP contribution in [-0.2, 0) is 6.42 Å². The van der Waals surface area contributed by atoms with Gasteiger partial charge in [-0.25, -0.2) is 4.39 Å². The fraction of sp³-hybridized carbons (Fsp3) is 0.333. The molecule has 21 heavy (non-hydrogen) atoms. The number of hydrogen-bond acceptors (Lipinski definition) is 2. The molecule has 0 aliphatic carbocycles. The molecule has 2 aromatic rings. The molecule has 1 atom stereocenters. The number of aryl methyl sites for hydroxylation is 1. The average Bonchev–Trinajstić information content (AvgIpc) is 2.49. The molecule has 3 heteroatoms. The predicted molar refractivity (Wildman–Crippen MR) is 87.0 cm³/mol. The summed E-state index contributed by atoms with van der Waals surface area (Å²) in [6.45, 7) is 2.87. The third-order valence-electron chi connectivity index (χ3n) is 3.68. The first kappa shape index (κ1) is 15.5. The Morgan fingerprint density at radius 3 is 2.24 bits per heavy atom. The van der Waals surface area contributed by atoms with Crippen molar-refractivity contribution in [2.75, 3.05) is 18.5 Å². The number of nitrogens with two attached hydrogens (primary N) is 1. The van der Waals surface area contributed by atoms with Crippen molar-refractivity contribution in [2.24, 2.45) is 5.73 Å². The summed E-state index contributed by atoms with van der Waals surface area (Å²) >= 11 is 0. The molecule has 0 saturated carbocycles. The normalized spacial score (nSPS) is 12.2. The van der Waals surface area contributed by atoms with Crippen molar-refractivity contribution in [1.29, 1.82) is 0 Å². The van der Waals surface area contributed by atoms with Gasteiger partial charge in [-0.3, -0.25) is 0 Å². The van der Waals surface area contributed by atoms with Gasteiger partial charge >= 0.3 is 0 Å². The van der Waals surface area contributed by atoms with E-state index in [1.165, 1.54) is 17.7 Å². The van der Waals surface area contributed by atoms with Crippen LogP contribution in [0.3, 0.4) is 0 Å². The SMILES string of the molecule is CCCc1ccc(C(N)CN(C)c2ccc(F)cc2)cc1. The first-order chi connectivity index (χ1) is 10.1. The first-order valence-corrected chi connectivity index (χ1v) is 7.41. The van der Waals surface area contributed by atoms with E-state index in [1.54, 1.807) is 12.1 Å². The molecule has 0 saturated heterocycles. The number of halogens is 1. The summed E-state index contributed by atoms with van der Waals surface area (Å²) in [7, 11) is 1.97. The van der Waals surface area contributed by atoms with Gasteiger partial charge in [-0.15, -0.1) is 0 Å². The maximum Gasteiger partial charge on any atom is 0.123 e. The highest BCUT2D eigenvalue weighted by molar-refractivity contribution is 5.46. The van der Waals surface area contributed by atoms with Gasteiger partial charge in [0.15, 0.2) is 0 Å². The summed E-state index contributed by atoms with van der Waals surface area (Å²) in [5.41, 5.74) is 9.71. The second kappa shape index (κ2) is 7.23. The lowest BCUT2D eigenvalue weighted by atomic mass is 10.0. The number of likely N-dealkylation sites (N-methyl/N-ethyl adjacent to an activating group) is 1. The van der Waals surface area contributed by atoms with Crippen LogP contribution in [0.4, 0.5) is 10.1 Å². The van der Waals surface area contributed by atoms with Gasteiger partial charge in [-0.05, 0) is 41.8 Å². The fourth-order valence-electron chi connectivity index (χ4n) is 2.42. The minimum absolute atomic E-state index is 0.0595. The largest absolute Gasteiger partial charge is 0.373 e. The second-order valence-corrected chi connectivity index (χ2v) is 5.46. The topological polar surface area (TPSA) is 29.3 Å². The minimum atomic E-state index is -0.219. The Kier molecular flexibility index (Phi) is 5.34. The van der Waals surface area contributed by atoms with Crippen LogP contribution in [0, 0.1) is 5.82 Å². The molecule has 1 unspecified atom stereocenters. The van der Waals surface area contributed by atoms with Crippen molar-refractivity contribution in [3.05, 3.63) is 65.5 Å². The Hall–Kier alpha value is -1.87. The van der Waals surface area contributed by atoms with E-state index in [0.29, 0.717) is 6.54 Å². The molecule has 2 aromatic carbocycles. The van der Waals surface area contributed by atoms with Crippen molar-refractivity contribution in [3.8, 4) is 0 Å². The molecule has 0 aliphatic rings. The standard InChI is InChI=1S/C18H23FN2/c1-3-4-14-5-7-15(8-6-14)18(20)13-21(2)17-11-9-16(19)10-12-17/h5-12,18H,3-4,13,20H2,1-2H3. The predicted octanol–water partition coefficient (Wildman–Crippen LogP) is 3.91. The van der Waals surface area contributed by atoms with Crippen LogP contribution in [0.25, 0.3) is 0 Å². The summed E-state index contributed by atoms with van der Waals surface area (Å²) in [4.78, 5) is 2.05. The Morgan fingerprint density at radius 1 is 1.05 bits per heavy atom. The Morgan fingerprint density at radius 2 is 1.67 bits per heavy atom. The fourth-order valence-corrected chi connectivity index (χ4v) is 2.42. The highest BCUT2D eigenvalue weighted by atomic mass is 19.1. The zero-order chi connectivity index (χ0) is 15.2. The molecule has 0 bridgehead atoms. The molecule has 0 spiro atoms. The van der Waals surface area contributed by atoms with E-state index in [1.807, 2.05) is 11.9 Å². The van der Waals surface area contributed by atoms with Crippen molar-refractivity contribution in [1.82, 2.24) is 0 Å². The van der Waals surface area contributed by atoms with E-state index in [-0.39, 0.29) is 11.9 Å². The van der Waals surface area contributed by atoms with E-state index in [0.717, 1.165) is 24.1 Å². The average molecular weight is 286 g/mol. The van der Waals surface area contributed by atoms with Crippen LogP contribution in [0.1, 0.15) is 30.5 Å².